The van der Waals surface area contributed by atoms with Gasteiger partial charge in [-0.1, -0.05) is 6.08 Å². The van der Waals surface area contributed by atoms with Crippen molar-refractivity contribution in [1.29, 1.82) is 0 Å². The van der Waals surface area contributed by atoms with Crippen LogP contribution in [0.5, 0.6) is 0 Å². The van der Waals surface area contributed by atoms with E-state index in [2.05, 4.69) is 11.9 Å². The smallest absolute Gasteiger partial charge is 0.108 e. The van der Waals surface area contributed by atoms with Gasteiger partial charge in [-0.05, 0) is 0 Å². The Balaban J connectivity index is 2.53. The lowest BCUT2D eigenvalue weighted by molar-refractivity contribution is -0.153. The van der Waals surface area contributed by atoms with Crippen LogP contribution < -0.4 is 5.32 Å². The maximum Gasteiger partial charge on any atom is 0.108 e. The number of hydrogen-bond acceptors (Lipinski definition) is 5. The topological polar surface area (TPSA) is 82.0 Å². The summed E-state index contributed by atoms with van der Waals surface area (Å²) in [6.45, 7) is 3.90. The van der Waals surface area contributed by atoms with Crippen molar-refractivity contribution in [3.05, 3.63) is 12.7 Å². The largest absolute Gasteiger partial charge is 0.394 e. The van der Waals surface area contributed by atoms with E-state index in [1.165, 1.54) is 0 Å². The summed E-state index contributed by atoms with van der Waals surface area (Å²) in [5.74, 6) is 0. The molecule has 1 fully saturated rings. The highest BCUT2D eigenvalue weighted by Crippen LogP contribution is 2.15. The van der Waals surface area contributed by atoms with Gasteiger partial charge < -0.3 is 25.4 Å². The van der Waals surface area contributed by atoms with Crippen molar-refractivity contribution in [2.75, 3.05) is 19.8 Å². The number of nitrogens with one attached hydrogen (secondary N) is 1. The first-order valence-electron chi connectivity index (χ1n) is 4.63. The van der Waals surface area contributed by atoms with Crippen molar-refractivity contribution >= 4 is 0 Å². The van der Waals surface area contributed by atoms with Gasteiger partial charge in [0.1, 0.15) is 12.2 Å². The first-order valence-corrected chi connectivity index (χ1v) is 4.63. The highest BCUT2D eigenvalue weighted by molar-refractivity contribution is 4.92. The maximum atomic E-state index is 9.68. The number of rotatable bonds is 4. The molecule has 0 radical (unpaired) electrons. The van der Waals surface area contributed by atoms with Crippen LogP contribution in [-0.4, -0.2) is 59.4 Å². The molecule has 0 aliphatic carbocycles. The number of aliphatic hydroxyl groups excluding tert-OH is 3. The molecular weight excluding hydrogens is 186 g/mol. The Kier molecular flexibility index (Phi) is 4.50. The molecule has 82 valence electrons. The molecule has 0 saturated carbocycles. The minimum atomic E-state index is -0.899. The van der Waals surface area contributed by atoms with Crippen LogP contribution in [0.3, 0.4) is 0 Å². The zero-order chi connectivity index (χ0) is 10.6. The molecule has 5 heteroatoms. The highest BCUT2D eigenvalue weighted by Gasteiger charge is 2.37. The Bertz CT molecular complexity index is 188. The normalized spacial score (nSPS) is 38.2. The fourth-order valence-electron chi connectivity index (χ4n) is 1.52. The quantitative estimate of drug-likeness (QED) is 0.407. The van der Waals surface area contributed by atoms with Crippen LogP contribution in [0, 0.1) is 0 Å². The first-order chi connectivity index (χ1) is 6.70. The second-order valence-electron chi connectivity index (χ2n) is 3.34. The molecule has 1 heterocycles. The Labute approximate surface area is 83.0 Å². The van der Waals surface area contributed by atoms with Crippen LogP contribution in [0.25, 0.3) is 0 Å². The summed E-state index contributed by atoms with van der Waals surface area (Å²) in [5, 5.41) is 31.0. The van der Waals surface area contributed by atoms with Crippen molar-refractivity contribution in [3.63, 3.8) is 0 Å². The molecule has 0 amide bonds. The van der Waals surface area contributed by atoms with Gasteiger partial charge in [0.05, 0.1) is 25.4 Å². The van der Waals surface area contributed by atoms with E-state index in [0.29, 0.717) is 6.54 Å². The fourth-order valence-corrected chi connectivity index (χ4v) is 1.52. The molecule has 1 aliphatic heterocycles. The van der Waals surface area contributed by atoms with E-state index in [-0.39, 0.29) is 13.2 Å². The Morgan fingerprint density at radius 2 is 2.21 bits per heavy atom. The molecule has 0 bridgehead atoms. The maximum absolute atomic E-state index is 9.68. The minimum absolute atomic E-state index is 0.122. The lowest BCUT2D eigenvalue weighted by Gasteiger charge is -2.37. The zero-order valence-corrected chi connectivity index (χ0v) is 7.97. The summed E-state index contributed by atoms with van der Waals surface area (Å²) in [7, 11) is 0. The molecule has 0 spiro atoms. The average Bonchev–Trinajstić information content (AvgIpc) is 2.18. The van der Waals surface area contributed by atoms with E-state index in [1.54, 1.807) is 6.08 Å². The Morgan fingerprint density at radius 3 is 2.79 bits per heavy atom. The van der Waals surface area contributed by atoms with Crippen LogP contribution in [0.1, 0.15) is 0 Å². The first kappa shape index (κ1) is 11.6. The van der Waals surface area contributed by atoms with Gasteiger partial charge in [0.25, 0.3) is 0 Å². The molecule has 4 unspecified atom stereocenters. The lowest BCUT2D eigenvalue weighted by Crippen LogP contribution is -2.60. The van der Waals surface area contributed by atoms with Crippen molar-refractivity contribution in [2.24, 2.45) is 0 Å². The number of aliphatic hydroxyl groups is 3. The highest BCUT2D eigenvalue weighted by atomic mass is 16.5. The Morgan fingerprint density at radius 1 is 1.50 bits per heavy atom. The zero-order valence-electron chi connectivity index (χ0n) is 7.97. The molecule has 4 N–H and O–H groups in total. The molecule has 14 heavy (non-hydrogen) atoms. The van der Waals surface area contributed by atoms with Crippen molar-refractivity contribution in [1.82, 2.24) is 5.32 Å². The molecule has 1 rings (SSSR count). The van der Waals surface area contributed by atoms with Gasteiger partial charge in [-0.2, -0.15) is 0 Å². The van der Waals surface area contributed by atoms with Gasteiger partial charge in [0.15, 0.2) is 0 Å². The summed E-state index contributed by atoms with van der Waals surface area (Å²) in [4.78, 5) is 0. The van der Waals surface area contributed by atoms with Gasteiger partial charge in [-0.3, -0.25) is 0 Å². The standard InChI is InChI=1S/C9H17NO4/c1-2-3-10-8-6(12)5-14-7(4-11)9(8)13/h2,6-13H,1,3-5H2. The monoisotopic (exact) mass is 203 g/mol. The van der Waals surface area contributed by atoms with Crippen molar-refractivity contribution < 1.29 is 20.1 Å². The predicted octanol–water partition coefficient (Wildman–Crippen LogP) is -1.76. The van der Waals surface area contributed by atoms with E-state index in [4.69, 9.17) is 9.84 Å². The summed E-state index contributed by atoms with van der Waals surface area (Å²) in [6, 6.07) is -0.473. The molecular formula is C9H17NO4. The number of ether oxygens (including phenoxy) is 1. The summed E-state index contributed by atoms with van der Waals surface area (Å²) < 4.78 is 5.05. The third kappa shape index (κ3) is 2.52. The second-order valence-corrected chi connectivity index (χ2v) is 3.34. The second kappa shape index (κ2) is 5.43. The number of hydrogen-bond donors (Lipinski definition) is 4. The molecule has 1 aliphatic rings. The molecule has 4 atom stereocenters. The van der Waals surface area contributed by atoms with Crippen LogP contribution in [0.2, 0.25) is 0 Å². The van der Waals surface area contributed by atoms with Gasteiger partial charge in [-0.15, -0.1) is 6.58 Å². The minimum Gasteiger partial charge on any atom is -0.394 e. The van der Waals surface area contributed by atoms with Gasteiger partial charge >= 0.3 is 0 Å². The predicted molar refractivity (Wildman–Crippen MR) is 50.8 cm³/mol. The summed E-state index contributed by atoms with van der Waals surface area (Å²) in [6.07, 6.45) is -0.639. The Hall–Kier alpha value is -0.460. The van der Waals surface area contributed by atoms with Gasteiger partial charge in [0.2, 0.25) is 0 Å². The SMILES string of the molecule is C=CCNC1C(O)COC(CO)C1O. The van der Waals surface area contributed by atoms with E-state index >= 15 is 0 Å². The molecule has 5 nitrogen and oxygen atoms in total. The van der Waals surface area contributed by atoms with Crippen molar-refractivity contribution in [2.45, 2.75) is 24.4 Å². The van der Waals surface area contributed by atoms with E-state index in [9.17, 15) is 10.2 Å². The average molecular weight is 203 g/mol. The van der Waals surface area contributed by atoms with Crippen LogP contribution in [0.4, 0.5) is 0 Å². The third-order valence-electron chi connectivity index (χ3n) is 2.32. The molecule has 0 aromatic rings. The molecule has 0 aromatic heterocycles. The molecule has 1 saturated heterocycles. The summed E-state index contributed by atoms with van der Waals surface area (Å²) in [5.41, 5.74) is 0. The van der Waals surface area contributed by atoms with Crippen LogP contribution in [0.15, 0.2) is 12.7 Å². The van der Waals surface area contributed by atoms with E-state index in [1.807, 2.05) is 0 Å². The van der Waals surface area contributed by atoms with Crippen molar-refractivity contribution in [3.8, 4) is 0 Å². The third-order valence-corrected chi connectivity index (χ3v) is 2.32. The summed E-state index contributed by atoms with van der Waals surface area (Å²) >= 11 is 0. The lowest BCUT2D eigenvalue weighted by atomic mass is 9.97. The van der Waals surface area contributed by atoms with Crippen LogP contribution >= 0.6 is 0 Å². The van der Waals surface area contributed by atoms with Crippen LogP contribution in [-0.2, 0) is 4.74 Å². The van der Waals surface area contributed by atoms with E-state index in [0.717, 1.165) is 0 Å². The van der Waals surface area contributed by atoms with Gasteiger partial charge in [-0.25, -0.2) is 0 Å². The van der Waals surface area contributed by atoms with E-state index < -0.39 is 24.4 Å². The van der Waals surface area contributed by atoms with Gasteiger partial charge in [0, 0.05) is 6.54 Å². The fraction of sp³-hybridized carbons (Fsp3) is 0.778. The molecule has 0 aromatic carbocycles.